The molecule has 0 aromatic heterocycles. The molecule has 0 saturated carbocycles. The quantitative estimate of drug-likeness (QED) is 0.813. The minimum atomic E-state index is -0.222. The first-order valence-electron chi connectivity index (χ1n) is 10.3. The summed E-state index contributed by atoms with van der Waals surface area (Å²) in [6.07, 6.45) is 0.126. The van der Waals surface area contributed by atoms with Crippen LogP contribution in [0.25, 0.3) is 0 Å². The zero-order valence-corrected chi connectivity index (χ0v) is 18.7. The van der Waals surface area contributed by atoms with Gasteiger partial charge in [-0.2, -0.15) is 0 Å². The molecule has 1 N–H and O–H groups in total. The Hall–Kier alpha value is -2.61. The molecule has 0 aliphatic carbocycles. The standard InChI is InChI=1S/C22H33N3O5/c1-7-21(27)23-17-8-9-18-19(10-17)30-13-15(3)25(16(4)26)11-14(2)20(29-6)12-24(5)22(18)28/h8-10,14-15,20H,7,11-13H2,1-6H3,(H,23,27)/t14-,15+,20+/m1/s1. The summed E-state index contributed by atoms with van der Waals surface area (Å²) in [6, 6.07) is 4.80. The van der Waals surface area contributed by atoms with Gasteiger partial charge in [-0.1, -0.05) is 13.8 Å². The van der Waals surface area contributed by atoms with Crippen molar-refractivity contribution in [2.24, 2.45) is 5.92 Å². The number of nitrogens with one attached hydrogen (secondary N) is 1. The van der Waals surface area contributed by atoms with Crippen molar-refractivity contribution in [3.05, 3.63) is 23.8 Å². The maximum atomic E-state index is 13.1. The molecule has 0 fully saturated rings. The molecule has 30 heavy (non-hydrogen) atoms. The van der Waals surface area contributed by atoms with Crippen molar-refractivity contribution in [1.82, 2.24) is 9.80 Å². The van der Waals surface area contributed by atoms with E-state index in [1.807, 2.05) is 13.8 Å². The fourth-order valence-corrected chi connectivity index (χ4v) is 3.54. The summed E-state index contributed by atoms with van der Waals surface area (Å²) in [5.74, 6) is 0.0446. The molecule has 166 valence electrons. The van der Waals surface area contributed by atoms with Gasteiger partial charge in [0.2, 0.25) is 11.8 Å². The Balaban J connectivity index is 2.44. The molecule has 8 nitrogen and oxygen atoms in total. The lowest BCUT2D eigenvalue weighted by molar-refractivity contribution is -0.133. The average Bonchev–Trinajstić information content (AvgIpc) is 2.72. The molecule has 1 heterocycles. The number of amides is 3. The van der Waals surface area contributed by atoms with E-state index in [2.05, 4.69) is 5.32 Å². The van der Waals surface area contributed by atoms with Crippen molar-refractivity contribution in [3.63, 3.8) is 0 Å². The number of likely N-dealkylation sites (N-methyl/N-ethyl adjacent to an activating group) is 1. The summed E-state index contributed by atoms with van der Waals surface area (Å²) in [5.41, 5.74) is 0.958. The molecule has 1 aliphatic heterocycles. The Labute approximate surface area is 178 Å². The molecule has 1 aliphatic rings. The molecule has 1 aromatic carbocycles. The maximum Gasteiger partial charge on any atom is 0.257 e. The highest BCUT2D eigenvalue weighted by molar-refractivity contribution is 5.98. The van der Waals surface area contributed by atoms with Gasteiger partial charge in [-0.05, 0) is 19.1 Å². The summed E-state index contributed by atoms with van der Waals surface area (Å²) in [4.78, 5) is 40.5. The number of hydrogen-bond donors (Lipinski definition) is 1. The van der Waals surface area contributed by atoms with E-state index in [0.717, 1.165) is 0 Å². The van der Waals surface area contributed by atoms with Crippen LogP contribution in [0.2, 0.25) is 0 Å². The van der Waals surface area contributed by atoms with Crippen LogP contribution in [0.1, 0.15) is 44.5 Å². The van der Waals surface area contributed by atoms with E-state index in [0.29, 0.717) is 36.5 Å². The second-order valence-electron chi connectivity index (χ2n) is 7.88. The Kier molecular flexibility index (Phi) is 8.23. The molecule has 0 unspecified atom stereocenters. The first kappa shape index (κ1) is 23.7. The molecule has 0 spiro atoms. The number of anilines is 1. The largest absolute Gasteiger partial charge is 0.491 e. The number of nitrogens with zero attached hydrogens (tertiary/aromatic N) is 2. The monoisotopic (exact) mass is 419 g/mol. The number of ether oxygens (including phenoxy) is 2. The van der Waals surface area contributed by atoms with Crippen LogP contribution in [-0.4, -0.2) is 73.5 Å². The van der Waals surface area contributed by atoms with E-state index in [1.54, 1.807) is 56.0 Å². The number of benzene rings is 1. The van der Waals surface area contributed by atoms with Gasteiger partial charge < -0.3 is 24.6 Å². The topological polar surface area (TPSA) is 88.2 Å². The summed E-state index contributed by atoms with van der Waals surface area (Å²) < 4.78 is 11.6. The smallest absolute Gasteiger partial charge is 0.257 e. The van der Waals surface area contributed by atoms with Crippen molar-refractivity contribution in [1.29, 1.82) is 0 Å². The van der Waals surface area contributed by atoms with Crippen LogP contribution in [0, 0.1) is 5.92 Å². The molecule has 3 atom stereocenters. The predicted octanol–water partition coefficient (Wildman–Crippen LogP) is 2.39. The Morgan fingerprint density at radius 2 is 1.97 bits per heavy atom. The molecule has 0 bridgehead atoms. The van der Waals surface area contributed by atoms with Gasteiger partial charge >= 0.3 is 0 Å². The van der Waals surface area contributed by atoms with Gasteiger partial charge in [0.15, 0.2) is 0 Å². The van der Waals surface area contributed by atoms with Gasteiger partial charge in [0.1, 0.15) is 12.4 Å². The molecule has 1 aromatic rings. The molecule has 8 heteroatoms. The SMILES string of the molecule is CCC(=O)Nc1ccc2c(c1)OC[C@H](C)N(C(C)=O)C[C@@H](C)[C@@H](OC)CN(C)C2=O. The number of rotatable bonds is 3. The Morgan fingerprint density at radius 1 is 1.27 bits per heavy atom. The van der Waals surface area contributed by atoms with Crippen molar-refractivity contribution in [3.8, 4) is 5.75 Å². The van der Waals surface area contributed by atoms with Gasteiger partial charge in [-0.3, -0.25) is 14.4 Å². The molecule has 0 saturated heterocycles. The van der Waals surface area contributed by atoms with Crippen molar-refractivity contribution >= 4 is 23.4 Å². The summed E-state index contributed by atoms with van der Waals surface area (Å²) >= 11 is 0. The first-order chi connectivity index (χ1) is 14.2. The highest BCUT2D eigenvalue weighted by Gasteiger charge is 2.29. The second kappa shape index (κ2) is 10.4. The maximum absolute atomic E-state index is 13.1. The van der Waals surface area contributed by atoms with Crippen LogP contribution < -0.4 is 10.1 Å². The van der Waals surface area contributed by atoms with Gasteiger partial charge in [-0.25, -0.2) is 0 Å². The Morgan fingerprint density at radius 3 is 2.57 bits per heavy atom. The average molecular weight is 420 g/mol. The van der Waals surface area contributed by atoms with E-state index < -0.39 is 0 Å². The summed E-state index contributed by atoms with van der Waals surface area (Å²) in [7, 11) is 3.33. The fourth-order valence-electron chi connectivity index (χ4n) is 3.54. The number of carbonyl (C=O) groups excluding carboxylic acids is 3. The van der Waals surface area contributed by atoms with Crippen LogP contribution in [-0.2, 0) is 14.3 Å². The third kappa shape index (κ3) is 5.72. The first-order valence-corrected chi connectivity index (χ1v) is 10.3. The van der Waals surface area contributed by atoms with Gasteiger partial charge in [-0.15, -0.1) is 0 Å². The van der Waals surface area contributed by atoms with Crippen LogP contribution in [0.3, 0.4) is 0 Å². The van der Waals surface area contributed by atoms with E-state index in [-0.39, 0.29) is 42.4 Å². The van der Waals surface area contributed by atoms with E-state index >= 15 is 0 Å². The van der Waals surface area contributed by atoms with Crippen LogP contribution >= 0.6 is 0 Å². The van der Waals surface area contributed by atoms with Crippen molar-refractivity contribution < 1.29 is 23.9 Å². The summed E-state index contributed by atoms with van der Waals surface area (Å²) in [5, 5.41) is 2.79. The van der Waals surface area contributed by atoms with Crippen LogP contribution in [0.4, 0.5) is 5.69 Å². The fraction of sp³-hybridized carbons (Fsp3) is 0.591. The number of carbonyl (C=O) groups is 3. The van der Waals surface area contributed by atoms with Crippen molar-refractivity contribution in [2.45, 2.75) is 46.3 Å². The normalized spacial score (nSPS) is 23.0. The second-order valence-corrected chi connectivity index (χ2v) is 7.88. The van der Waals surface area contributed by atoms with Crippen LogP contribution in [0.5, 0.6) is 5.75 Å². The van der Waals surface area contributed by atoms with E-state index in [1.165, 1.54) is 0 Å². The zero-order valence-electron chi connectivity index (χ0n) is 18.7. The van der Waals surface area contributed by atoms with E-state index in [9.17, 15) is 14.4 Å². The van der Waals surface area contributed by atoms with Crippen LogP contribution in [0.15, 0.2) is 18.2 Å². The highest BCUT2D eigenvalue weighted by atomic mass is 16.5. The van der Waals surface area contributed by atoms with Crippen molar-refractivity contribution in [2.75, 3.05) is 39.2 Å². The highest BCUT2D eigenvalue weighted by Crippen LogP contribution is 2.27. The number of hydrogen-bond acceptors (Lipinski definition) is 5. The molecular formula is C22H33N3O5. The van der Waals surface area contributed by atoms with E-state index in [4.69, 9.17) is 9.47 Å². The van der Waals surface area contributed by atoms with Gasteiger partial charge in [0.05, 0.1) is 17.7 Å². The lowest BCUT2D eigenvalue weighted by atomic mass is 10.0. The molecule has 3 amide bonds. The third-order valence-electron chi connectivity index (χ3n) is 5.46. The van der Waals surface area contributed by atoms with Gasteiger partial charge in [0.25, 0.3) is 5.91 Å². The molecular weight excluding hydrogens is 386 g/mol. The number of methoxy groups -OCH3 is 1. The third-order valence-corrected chi connectivity index (χ3v) is 5.46. The lowest BCUT2D eigenvalue weighted by Crippen LogP contribution is -2.48. The summed E-state index contributed by atoms with van der Waals surface area (Å²) in [6.45, 7) is 8.34. The zero-order chi connectivity index (χ0) is 22.4. The minimum Gasteiger partial charge on any atom is -0.491 e. The minimum absolute atomic E-state index is 0.0297. The lowest BCUT2D eigenvalue weighted by Gasteiger charge is -2.35. The molecule has 0 radical (unpaired) electrons. The molecule has 2 rings (SSSR count). The predicted molar refractivity (Wildman–Crippen MR) is 115 cm³/mol. The Bertz CT molecular complexity index is 782. The van der Waals surface area contributed by atoms with Gasteiger partial charge in [0, 0.05) is 58.3 Å². The number of fused-ring (bicyclic) bond motifs is 1.